The quantitative estimate of drug-likeness (QED) is 0.773. The van der Waals surface area contributed by atoms with Gasteiger partial charge in [0.05, 0.1) is 18.8 Å². The van der Waals surface area contributed by atoms with Crippen molar-refractivity contribution >= 4 is 30.8 Å². The fourth-order valence-electron chi connectivity index (χ4n) is 2.17. The lowest BCUT2D eigenvalue weighted by atomic mass is 10.1. The van der Waals surface area contributed by atoms with Crippen LogP contribution < -0.4 is 5.32 Å². The van der Waals surface area contributed by atoms with E-state index >= 15 is 0 Å². The number of hydrogen-bond donors (Lipinski definition) is 2. The number of aromatic carboxylic acids is 1. The molecule has 0 aliphatic carbocycles. The Morgan fingerprint density at radius 2 is 1.90 bits per heavy atom. The maximum Gasteiger partial charge on any atom is 0.336 e. The topological polar surface area (TPSA) is 61.8 Å². The summed E-state index contributed by atoms with van der Waals surface area (Å²) in [5, 5.41) is 12.4. The minimum atomic E-state index is -0.870. The summed E-state index contributed by atoms with van der Waals surface area (Å²) in [5.41, 5.74) is 1.21. The first-order chi connectivity index (χ1) is 9.27. The summed E-state index contributed by atoms with van der Waals surface area (Å²) >= 11 is 0. The van der Waals surface area contributed by atoms with E-state index in [1.54, 1.807) is 12.1 Å². The highest BCUT2D eigenvalue weighted by Crippen LogP contribution is 2.08. The maximum atomic E-state index is 11.1. The molecule has 1 aliphatic heterocycles. The van der Waals surface area contributed by atoms with Crippen LogP contribution in [0.5, 0.6) is 0 Å². The zero-order chi connectivity index (χ0) is 13.5. The molecule has 0 spiro atoms. The zero-order valence-electron chi connectivity index (χ0n) is 11.8. The lowest BCUT2D eigenvalue weighted by Gasteiger charge is -2.26. The van der Waals surface area contributed by atoms with Gasteiger partial charge in [-0.15, -0.1) is 24.8 Å². The van der Waals surface area contributed by atoms with Crippen molar-refractivity contribution in [3.05, 3.63) is 35.4 Å². The van der Waals surface area contributed by atoms with Gasteiger partial charge in [0.2, 0.25) is 0 Å². The molecular weight excluding hydrogens is 315 g/mol. The number of hydrogen-bond acceptors (Lipinski definition) is 4. The third-order valence-electron chi connectivity index (χ3n) is 3.27. The van der Waals surface area contributed by atoms with Gasteiger partial charge in [-0.2, -0.15) is 0 Å². The number of carbonyl (C=O) groups is 1. The number of rotatable bonds is 6. The molecule has 1 heterocycles. The van der Waals surface area contributed by atoms with Crippen LogP contribution in [0.3, 0.4) is 0 Å². The molecule has 1 aromatic carbocycles. The summed E-state index contributed by atoms with van der Waals surface area (Å²) in [6.45, 7) is 5.99. The molecule has 0 radical (unpaired) electrons. The Morgan fingerprint density at radius 3 is 2.57 bits per heavy atom. The first-order valence-electron chi connectivity index (χ1n) is 6.59. The van der Waals surface area contributed by atoms with Crippen molar-refractivity contribution < 1.29 is 14.6 Å². The molecule has 0 saturated carbocycles. The molecule has 0 atom stereocenters. The van der Waals surface area contributed by atoms with E-state index in [2.05, 4.69) is 10.2 Å². The zero-order valence-corrected chi connectivity index (χ0v) is 13.4. The van der Waals surface area contributed by atoms with Gasteiger partial charge in [0.1, 0.15) is 0 Å². The van der Waals surface area contributed by atoms with E-state index in [0.29, 0.717) is 12.1 Å². The average molecular weight is 337 g/mol. The number of carboxylic acid groups (broad SMARTS) is 1. The first kappa shape index (κ1) is 20.1. The molecule has 120 valence electrons. The van der Waals surface area contributed by atoms with Crippen LogP contribution in [-0.2, 0) is 11.3 Å². The minimum absolute atomic E-state index is 0. The van der Waals surface area contributed by atoms with Crippen LogP contribution in [0.25, 0.3) is 0 Å². The lowest BCUT2D eigenvalue weighted by Crippen LogP contribution is -2.40. The second kappa shape index (κ2) is 10.8. The molecule has 21 heavy (non-hydrogen) atoms. The Kier molecular flexibility index (Phi) is 10.4. The predicted octanol–water partition coefficient (Wildman–Crippen LogP) is 1.65. The highest BCUT2D eigenvalue weighted by molar-refractivity contribution is 5.89. The van der Waals surface area contributed by atoms with Crippen molar-refractivity contribution in [3.8, 4) is 0 Å². The molecule has 1 aliphatic rings. The monoisotopic (exact) mass is 336 g/mol. The molecule has 0 bridgehead atoms. The maximum absolute atomic E-state index is 11.1. The van der Waals surface area contributed by atoms with Crippen molar-refractivity contribution in [2.45, 2.75) is 6.54 Å². The summed E-state index contributed by atoms with van der Waals surface area (Å²) in [6, 6.07) is 7.11. The minimum Gasteiger partial charge on any atom is -0.478 e. The number of ether oxygens (including phenoxy) is 1. The normalized spacial score (nSPS) is 14.9. The smallest absolute Gasteiger partial charge is 0.336 e. The van der Waals surface area contributed by atoms with Gasteiger partial charge in [-0.1, -0.05) is 18.2 Å². The van der Waals surface area contributed by atoms with Crippen molar-refractivity contribution in [1.82, 2.24) is 10.2 Å². The van der Waals surface area contributed by atoms with Crippen molar-refractivity contribution in [1.29, 1.82) is 0 Å². The summed E-state index contributed by atoms with van der Waals surface area (Å²) < 4.78 is 5.29. The van der Waals surface area contributed by atoms with E-state index < -0.39 is 5.97 Å². The van der Waals surface area contributed by atoms with Gasteiger partial charge in [-0.3, -0.25) is 4.90 Å². The van der Waals surface area contributed by atoms with Crippen LogP contribution in [-0.4, -0.2) is 55.4 Å². The molecule has 0 amide bonds. The van der Waals surface area contributed by atoms with Gasteiger partial charge in [0, 0.05) is 32.7 Å². The molecule has 0 aromatic heterocycles. The number of benzene rings is 1. The SMILES string of the molecule is Cl.Cl.O=C(O)c1ccccc1CNCCN1CCOCC1. The number of carboxylic acids is 1. The lowest BCUT2D eigenvalue weighted by molar-refractivity contribution is 0.0384. The third kappa shape index (κ3) is 6.63. The standard InChI is InChI=1S/C14H20N2O3.2ClH/c17-14(18)13-4-2-1-3-12(13)11-15-5-6-16-7-9-19-10-8-16;;/h1-4,15H,5-11H2,(H,17,18);2*1H. The van der Waals surface area contributed by atoms with E-state index in [0.717, 1.165) is 45.0 Å². The molecule has 2 N–H and O–H groups in total. The van der Waals surface area contributed by atoms with Crippen molar-refractivity contribution in [2.75, 3.05) is 39.4 Å². The van der Waals surface area contributed by atoms with Gasteiger partial charge in [-0.25, -0.2) is 4.79 Å². The third-order valence-corrected chi connectivity index (χ3v) is 3.27. The van der Waals surface area contributed by atoms with Gasteiger partial charge < -0.3 is 15.2 Å². The largest absolute Gasteiger partial charge is 0.478 e. The van der Waals surface area contributed by atoms with Gasteiger partial charge in [0.15, 0.2) is 0 Å². The molecule has 1 saturated heterocycles. The van der Waals surface area contributed by atoms with Gasteiger partial charge >= 0.3 is 5.97 Å². The molecule has 0 unspecified atom stereocenters. The van der Waals surface area contributed by atoms with E-state index in [1.807, 2.05) is 12.1 Å². The Hall–Kier alpha value is -0.850. The van der Waals surface area contributed by atoms with E-state index in [9.17, 15) is 4.79 Å². The highest BCUT2D eigenvalue weighted by atomic mass is 35.5. The second-order valence-corrected chi connectivity index (χ2v) is 4.59. The van der Waals surface area contributed by atoms with Crippen LogP contribution in [0.15, 0.2) is 24.3 Å². The number of nitrogens with one attached hydrogen (secondary N) is 1. The number of nitrogens with zero attached hydrogens (tertiary/aromatic N) is 1. The van der Waals surface area contributed by atoms with Crippen molar-refractivity contribution in [2.24, 2.45) is 0 Å². The first-order valence-corrected chi connectivity index (χ1v) is 6.59. The second-order valence-electron chi connectivity index (χ2n) is 4.59. The molecule has 1 fully saturated rings. The van der Waals surface area contributed by atoms with E-state index in [-0.39, 0.29) is 24.8 Å². The Morgan fingerprint density at radius 1 is 1.24 bits per heavy atom. The summed E-state index contributed by atoms with van der Waals surface area (Å²) in [5.74, 6) is -0.870. The van der Waals surface area contributed by atoms with Gasteiger partial charge in [0.25, 0.3) is 0 Å². The molecular formula is C14H22Cl2N2O3. The Bertz CT molecular complexity index is 426. The van der Waals surface area contributed by atoms with Crippen LogP contribution >= 0.6 is 24.8 Å². The summed E-state index contributed by atoms with van der Waals surface area (Å²) in [4.78, 5) is 13.4. The molecule has 7 heteroatoms. The van der Waals surface area contributed by atoms with Crippen LogP contribution in [0.4, 0.5) is 0 Å². The van der Waals surface area contributed by atoms with E-state index in [1.165, 1.54) is 0 Å². The molecule has 5 nitrogen and oxygen atoms in total. The Balaban J connectivity index is 0.00000200. The summed E-state index contributed by atoms with van der Waals surface area (Å²) in [7, 11) is 0. The van der Waals surface area contributed by atoms with Crippen LogP contribution in [0.2, 0.25) is 0 Å². The fourth-order valence-corrected chi connectivity index (χ4v) is 2.17. The summed E-state index contributed by atoms with van der Waals surface area (Å²) in [6.07, 6.45) is 0. The fraction of sp³-hybridized carbons (Fsp3) is 0.500. The average Bonchev–Trinajstić information content (AvgIpc) is 2.45. The van der Waals surface area contributed by atoms with Crippen LogP contribution in [0.1, 0.15) is 15.9 Å². The number of morpholine rings is 1. The van der Waals surface area contributed by atoms with E-state index in [4.69, 9.17) is 9.84 Å². The van der Waals surface area contributed by atoms with Gasteiger partial charge in [-0.05, 0) is 11.6 Å². The molecule has 2 rings (SSSR count). The number of halogens is 2. The van der Waals surface area contributed by atoms with Crippen LogP contribution in [0, 0.1) is 0 Å². The predicted molar refractivity (Wildman–Crippen MR) is 86.9 cm³/mol. The molecule has 1 aromatic rings. The Labute approximate surface area is 137 Å². The highest BCUT2D eigenvalue weighted by Gasteiger charge is 2.10. The van der Waals surface area contributed by atoms with Crippen molar-refractivity contribution in [3.63, 3.8) is 0 Å².